The van der Waals surface area contributed by atoms with Gasteiger partial charge in [0.15, 0.2) is 5.65 Å². The Labute approximate surface area is 119 Å². The van der Waals surface area contributed by atoms with E-state index in [1.165, 1.54) is 31.2 Å². The minimum atomic E-state index is -0.0916. The third kappa shape index (κ3) is 1.95. The first-order valence-electron chi connectivity index (χ1n) is 7.01. The minimum absolute atomic E-state index is 0.0916. The number of hydrogen-bond donors (Lipinski definition) is 0. The molecule has 0 spiro atoms. The fourth-order valence-corrected chi connectivity index (χ4v) is 3.42. The Bertz CT molecular complexity index is 609. The lowest BCUT2D eigenvalue weighted by Crippen LogP contribution is -2.28. The van der Waals surface area contributed by atoms with Crippen molar-refractivity contribution in [1.29, 1.82) is 0 Å². The molecule has 3 nitrogen and oxygen atoms in total. The predicted octanol–water partition coefficient (Wildman–Crippen LogP) is 4.33. The van der Waals surface area contributed by atoms with Crippen LogP contribution in [0, 0.1) is 6.92 Å². The molecule has 0 amide bonds. The predicted molar refractivity (Wildman–Crippen MR) is 78.6 cm³/mol. The summed E-state index contributed by atoms with van der Waals surface area (Å²) in [7, 11) is 0. The zero-order valence-electron chi connectivity index (χ0n) is 11.8. The third-order valence-electron chi connectivity index (χ3n) is 4.35. The number of nitrogens with zero attached hydrogens (tertiary/aromatic N) is 3. The van der Waals surface area contributed by atoms with Gasteiger partial charge in [-0.15, -0.1) is 11.6 Å². The van der Waals surface area contributed by atoms with E-state index < -0.39 is 0 Å². The van der Waals surface area contributed by atoms with Crippen molar-refractivity contribution in [1.82, 2.24) is 14.5 Å². The van der Waals surface area contributed by atoms with Gasteiger partial charge in [0.05, 0.1) is 5.38 Å². The molecule has 1 saturated carbocycles. The van der Waals surface area contributed by atoms with Crippen molar-refractivity contribution in [2.75, 3.05) is 0 Å². The highest BCUT2D eigenvalue weighted by Crippen LogP contribution is 2.41. The Morgan fingerprint density at radius 1 is 1.37 bits per heavy atom. The lowest BCUT2D eigenvalue weighted by atomic mass is 10.00. The summed E-state index contributed by atoms with van der Waals surface area (Å²) < 4.78 is 2.31. The molecule has 102 valence electrons. The van der Waals surface area contributed by atoms with Gasteiger partial charge in [-0.3, -0.25) is 0 Å². The number of fused-ring (bicyclic) bond motifs is 1. The van der Waals surface area contributed by atoms with Crippen molar-refractivity contribution in [2.45, 2.75) is 57.4 Å². The van der Waals surface area contributed by atoms with Crippen molar-refractivity contribution in [3.63, 3.8) is 0 Å². The Balaban J connectivity index is 2.31. The molecule has 2 heterocycles. The van der Waals surface area contributed by atoms with E-state index in [0.717, 1.165) is 17.0 Å². The average molecular weight is 278 g/mol. The molecule has 1 unspecified atom stereocenters. The second-order valence-electron chi connectivity index (χ2n) is 5.93. The number of hydrogen-bond acceptors (Lipinski definition) is 2. The van der Waals surface area contributed by atoms with Gasteiger partial charge in [-0.25, -0.2) is 9.97 Å². The summed E-state index contributed by atoms with van der Waals surface area (Å²) in [4.78, 5) is 9.35. The van der Waals surface area contributed by atoms with Crippen LogP contribution in [0.4, 0.5) is 0 Å². The first kappa shape index (κ1) is 12.9. The summed E-state index contributed by atoms with van der Waals surface area (Å²) in [6.45, 7) is 6.39. The molecule has 2 aromatic heterocycles. The second-order valence-corrected chi connectivity index (χ2v) is 6.58. The molecule has 19 heavy (non-hydrogen) atoms. The van der Waals surface area contributed by atoms with Gasteiger partial charge < -0.3 is 4.57 Å². The fourth-order valence-electron chi connectivity index (χ4n) is 3.27. The molecular weight excluding hydrogens is 258 g/mol. The van der Waals surface area contributed by atoms with E-state index in [4.69, 9.17) is 16.6 Å². The zero-order valence-corrected chi connectivity index (χ0v) is 12.5. The zero-order chi connectivity index (χ0) is 13.6. The van der Waals surface area contributed by atoms with Gasteiger partial charge in [0, 0.05) is 11.7 Å². The summed E-state index contributed by atoms with van der Waals surface area (Å²) in [6, 6.07) is 2.01. The van der Waals surface area contributed by atoms with Gasteiger partial charge in [-0.2, -0.15) is 0 Å². The van der Waals surface area contributed by atoms with Crippen LogP contribution >= 0.6 is 11.6 Å². The highest BCUT2D eigenvalue weighted by molar-refractivity contribution is 6.20. The number of imidazole rings is 1. The van der Waals surface area contributed by atoms with E-state index in [1.807, 2.05) is 19.2 Å². The van der Waals surface area contributed by atoms with Crippen molar-refractivity contribution >= 4 is 22.8 Å². The molecule has 0 saturated heterocycles. The van der Waals surface area contributed by atoms with Crippen LogP contribution in [-0.4, -0.2) is 14.5 Å². The van der Waals surface area contributed by atoms with Gasteiger partial charge in [0.25, 0.3) is 0 Å². The maximum atomic E-state index is 6.36. The lowest BCUT2D eigenvalue weighted by molar-refractivity contribution is 0.326. The van der Waals surface area contributed by atoms with Gasteiger partial charge >= 0.3 is 0 Å². The van der Waals surface area contributed by atoms with Crippen LogP contribution in [0.25, 0.3) is 11.2 Å². The topological polar surface area (TPSA) is 30.7 Å². The molecule has 2 aromatic rings. The smallest absolute Gasteiger partial charge is 0.160 e. The third-order valence-corrected chi connectivity index (χ3v) is 4.55. The number of halogens is 1. The van der Waals surface area contributed by atoms with E-state index in [0.29, 0.717) is 0 Å². The summed E-state index contributed by atoms with van der Waals surface area (Å²) in [5, 5.41) is -0.0916. The highest BCUT2D eigenvalue weighted by atomic mass is 35.5. The highest BCUT2D eigenvalue weighted by Gasteiger charge is 2.35. The lowest BCUT2D eigenvalue weighted by Gasteiger charge is -2.28. The molecule has 1 fully saturated rings. The van der Waals surface area contributed by atoms with Crippen LogP contribution in [-0.2, 0) is 5.54 Å². The van der Waals surface area contributed by atoms with Crippen molar-refractivity contribution in [3.05, 3.63) is 23.7 Å². The monoisotopic (exact) mass is 277 g/mol. The van der Waals surface area contributed by atoms with E-state index in [2.05, 4.69) is 23.4 Å². The normalized spacial score (nSPS) is 20.0. The van der Waals surface area contributed by atoms with Gasteiger partial charge in [-0.1, -0.05) is 12.8 Å². The van der Waals surface area contributed by atoms with Crippen LogP contribution in [0.1, 0.15) is 56.3 Å². The summed E-state index contributed by atoms with van der Waals surface area (Å²) >= 11 is 6.36. The Morgan fingerprint density at radius 3 is 2.68 bits per heavy atom. The SMILES string of the molecule is Cc1ccnc2c1nc(C(C)Cl)n2C1(C)CCCC1. The molecular formula is C15H20ClN3. The second kappa shape index (κ2) is 4.48. The molecule has 0 radical (unpaired) electrons. The molecule has 0 N–H and O–H groups in total. The molecule has 0 aliphatic heterocycles. The fraction of sp³-hybridized carbons (Fsp3) is 0.600. The molecule has 1 aliphatic rings. The standard InChI is InChI=1S/C15H20ClN3/c1-10-6-9-17-14-12(10)18-13(11(2)16)19(14)15(3)7-4-5-8-15/h6,9,11H,4-5,7-8H2,1-3H3. The molecule has 3 rings (SSSR count). The van der Waals surface area contributed by atoms with Crippen molar-refractivity contribution < 1.29 is 0 Å². The number of aryl methyl sites for hydroxylation is 1. The molecule has 0 bridgehead atoms. The number of pyridine rings is 1. The van der Waals surface area contributed by atoms with E-state index in [-0.39, 0.29) is 10.9 Å². The average Bonchev–Trinajstić information content (AvgIpc) is 2.94. The van der Waals surface area contributed by atoms with Gasteiger partial charge in [0.2, 0.25) is 0 Å². The maximum Gasteiger partial charge on any atom is 0.160 e. The molecule has 4 heteroatoms. The van der Waals surface area contributed by atoms with Crippen molar-refractivity contribution in [3.8, 4) is 0 Å². The van der Waals surface area contributed by atoms with E-state index in [9.17, 15) is 0 Å². The molecule has 1 atom stereocenters. The Morgan fingerprint density at radius 2 is 2.05 bits per heavy atom. The van der Waals surface area contributed by atoms with Crippen LogP contribution in [0.15, 0.2) is 12.3 Å². The number of alkyl halides is 1. The quantitative estimate of drug-likeness (QED) is 0.765. The largest absolute Gasteiger partial charge is 0.306 e. The van der Waals surface area contributed by atoms with Crippen molar-refractivity contribution in [2.24, 2.45) is 0 Å². The van der Waals surface area contributed by atoms with Gasteiger partial charge in [-0.05, 0) is 45.2 Å². The first-order chi connectivity index (χ1) is 9.03. The maximum absolute atomic E-state index is 6.36. The Hall–Kier alpha value is -1.09. The van der Waals surface area contributed by atoms with Crippen LogP contribution in [0.3, 0.4) is 0 Å². The molecule has 1 aliphatic carbocycles. The van der Waals surface area contributed by atoms with E-state index in [1.54, 1.807) is 0 Å². The Kier molecular flexibility index (Phi) is 3.05. The van der Waals surface area contributed by atoms with Gasteiger partial charge in [0.1, 0.15) is 11.3 Å². The molecule has 0 aromatic carbocycles. The first-order valence-corrected chi connectivity index (χ1v) is 7.45. The summed E-state index contributed by atoms with van der Waals surface area (Å²) in [5.74, 6) is 0.961. The van der Waals surface area contributed by atoms with Crippen LogP contribution in [0.5, 0.6) is 0 Å². The van der Waals surface area contributed by atoms with Crippen LogP contribution < -0.4 is 0 Å². The minimum Gasteiger partial charge on any atom is -0.306 e. The number of rotatable bonds is 2. The van der Waals surface area contributed by atoms with E-state index >= 15 is 0 Å². The number of aromatic nitrogens is 3. The van der Waals surface area contributed by atoms with Crippen LogP contribution in [0.2, 0.25) is 0 Å². The summed E-state index contributed by atoms with van der Waals surface area (Å²) in [5.41, 5.74) is 3.28. The summed E-state index contributed by atoms with van der Waals surface area (Å²) in [6.07, 6.45) is 6.79.